The van der Waals surface area contributed by atoms with Gasteiger partial charge in [-0.05, 0) is 42.8 Å². The molecule has 0 atom stereocenters. The van der Waals surface area contributed by atoms with Crippen molar-refractivity contribution in [3.05, 3.63) is 88.7 Å². The van der Waals surface area contributed by atoms with Crippen molar-refractivity contribution in [1.29, 1.82) is 0 Å². The van der Waals surface area contributed by atoms with Crippen molar-refractivity contribution in [2.75, 3.05) is 0 Å². The molecule has 0 radical (unpaired) electrons. The summed E-state index contributed by atoms with van der Waals surface area (Å²) in [5, 5.41) is 1.47. The Hall–Kier alpha value is -2.92. The quantitative estimate of drug-likeness (QED) is 0.470. The molecule has 0 saturated heterocycles. The molecule has 2 heteroatoms. The lowest BCUT2D eigenvalue weighted by atomic mass is 9.98. The van der Waals surface area contributed by atoms with Gasteiger partial charge in [0.2, 0.25) is 0 Å². The summed E-state index contributed by atoms with van der Waals surface area (Å²) in [5.41, 5.74) is 3.14. The van der Waals surface area contributed by atoms with Gasteiger partial charge in [-0.15, -0.1) is 0 Å². The monoisotopic (exact) mass is 318 g/mol. The molecule has 0 amide bonds. The van der Waals surface area contributed by atoms with E-state index in [4.69, 9.17) is 0 Å². The summed E-state index contributed by atoms with van der Waals surface area (Å²) < 4.78 is 27.4. The molecule has 0 bridgehead atoms. The van der Waals surface area contributed by atoms with Crippen LogP contribution in [0.4, 0.5) is 8.78 Å². The molecule has 0 aromatic heterocycles. The third-order valence-corrected chi connectivity index (χ3v) is 3.86. The molecule has 0 spiro atoms. The normalized spacial score (nSPS) is 11.7. The molecular weight excluding hydrogens is 302 g/mol. The van der Waals surface area contributed by atoms with Crippen LogP contribution in [0.1, 0.15) is 29.2 Å². The summed E-state index contributed by atoms with van der Waals surface area (Å²) >= 11 is 0. The fourth-order valence-corrected chi connectivity index (χ4v) is 2.56. The highest BCUT2D eigenvalue weighted by Crippen LogP contribution is 2.30. The Bertz CT molecular complexity index is 980. The third-order valence-electron chi connectivity index (χ3n) is 3.86. The molecule has 0 nitrogen and oxygen atoms in total. The molecule has 118 valence electrons. The standard InChI is InChI=1S/C22H16F2/c1-15-7-9-17(10-8-15)11-12-18-13-14-21(22(24)16(2)23)20-6-4-3-5-19(18)20/h3-10,13-14H,1-2H3/b22-16+. The van der Waals surface area contributed by atoms with Crippen LogP contribution in [0.3, 0.4) is 0 Å². The van der Waals surface area contributed by atoms with Gasteiger partial charge in [-0.2, -0.15) is 0 Å². The average molecular weight is 318 g/mol. The molecular formula is C22H16F2. The van der Waals surface area contributed by atoms with Gasteiger partial charge in [-0.1, -0.05) is 59.9 Å². The van der Waals surface area contributed by atoms with Gasteiger partial charge in [0.25, 0.3) is 0 Å². The number of allylic oxidation sites excluding steroid dienone is 1. The van der Waals surface area contributed by atoms with Gasteiger partial charge in [0, 0.05) is 16.7 Å². The van der Waals surface area contributed by atoms with E-state index in [9.17, 15) is 8.78 Å². The second-order valence-electron chi connectivity index (χ2n) is 5.67. The first-order valence-corrected chi connectivity index (χ1v) is 7.69. The Kier molecular flexibility index (Phi) is 4.44. The first-order valence-electron chi connectivity index (χ1n) is 7.69. The van der Waals surface area contributed by atoms with Crippen LogP contribution in [-0.4, -0.2) is 0 Å². The smallest absolute Gasteiger partial charge is 0.162 e. The van der Waals surface area contributed by atoms with Crippen molar-refractivity contribution in [1.82, 2.24) is 0 Å². The van der Waals surface area contributed by atoms with Crippen molar-refractivity contribution in [3.63, 3.8) is 0 Å². The van der Waals surface area contributed by atoms with Crippen LogP contribution in [0.15, 0.2) is 66.5 Å². The highest BCUT2D eigenvalue weighted by Gasteiger charge is 2.11. The Labute approximate surface area is 140 Å². The largest absolute Gasteiger partial charge is 0.209 e. The molecule has 3 aromatic rings. The maximum absolute atomic E-state index is 14.1. The molecule has 3 aromatic carbocycles. The first-order chi connectivity index (χ1) is 11.6. The van der Waals surface area contributed by atoms with Crippen molar-refractivity contribution in [3.8, 4) is 11.8 Å². The van der Waals surface area contributed by atoms with E-state index in [1.165, 1.54) is 5.56 Å². The van der Waals surface area contributed by atoms with E-state index in [-0.39, 0.29) is 5.56 Å². The lowest BCUT2D eigenvalue weighted by molar-refractivity contribution is 0.606. The zero-order valence-corrected chi connectivity index (χ0v) is 13.5. The molecule has 24 heavy (non-hydrogen) atoms. The van der Waals surface area contributed by atoms with E-state index in [1.807, 2.05) is 49.4 Å². The number of hydrogen-bond acceptors (Lipinski definition) is 0. The zero-order chi connectivity index (χ0) is 17.1. The van der Waals surface area contributed by atoms with Gasteiger partial charge in [0.05, 0.1) is 0 Å². The molecule has 0 aliphatic heterocycles. The second-order valence-corrected chi connectivity index (χ2v) is 5.67. The van der Waals surface area contributed by atoms with Crippen LogP contribution >= 0.6 is 0 Å². The topological polar surface area (TPSA) is 0 Å². The van der Waals surface area contributed by atoms with Crippen LogP contribution < -0.4 is 0 Å². The van der Waals surface area contributed by atoms with Crippen molar-refractivity contribution < 1.29 is 8.78 Å². The van der Waals surface area contributed by atoms with E-state index < -0.39 is 11.7 Å². The number of fused-ring (bicyclic) bond motifs is 1. The first kappa shape index (κ1) is 16.0. The minimum absolute atomic E-state index is 0.256. The van der Waals surface area contributed by atoms with Gasteiger partial charge in [-0.25, -0.2) is 8.78 Å². The molecule has 0 heterocycles. The highest BCUT2D eigenvalue weighted by molar-refractivity contribution is 5.96. The van der Waals surface area contributed by atoms with Crippen LogP contribution in [0.25, 0.3) is 16.6 Å². The van der Waals surface area contributed by atoms with Gasteiger partial charge in [0.1, 0.15) is 5.83 Å². The van der Waals surface area contributed by atoms with E-state index in [0.717, 1.165) is 23.4 Å². The van der Waals surface area contributed by atoms with Gasteiger partial charge in [0.15, 0.2) is 5.83 Å². The van der Waals surface area contributed by atoms with Crippen molar-refractivity contribution >= 4 is 16.6 Å². The third kappa shape index (κ3) is 3.21. The van der Waals surface area contributed by atoms with Crippen LogP contribution in [-0.2, 0) is 0 Å². The molecule has 3 rings (SSSR count). The number of benzene rings is 3. The van der Waals surface area contributed by atoms with Crippen LogP contribution in [0, 0.1) is 18.8 Å². The Morgan fingerprint density at radius 2 is 1.46 bits per heavy atom. The van der Waals surface area contributed by atoms with Gasteiger partial charge < -0.3 is 0 Å². The van der Waals surface area contributed by atoms with E-state index in [2.05, 4.69) is 11.8 Å². The van der Waals surface area contributed by atoms with E-state index in [0.29, 0.717) is 5.39 Å². The molecule has 0 fully saturated rings. The SMILES string of the molecule is C/C(F)=C(\F)c1ccc(C#Cc2ccc(C)cc2)c2ccccc12. The fourth-order valence-electron chi connectivity index (χ4n) is 2.56. The maximum Gasteiger partial charge on any atom is 0.162 e. The van der Waals surface area contributed by atoms with Gasteiger partial charge >= 0.3 is 0 Å². The Balaban J connectivity index is 2.13. The predicted octanol–water partition coefficient (Wildman–Crippen LogP) is 6.18. The Morgan fingerprint density at radius 1 is 0.792 bits per heavy atom. The number of hydrogen-bond donors (Lipinski definition) is 0. The van der Waals surface area contributed by atoms with Crippen molar-refractivity contribution in [2.24, 2.45) is 0 Å². The van der Waals surface area contributed by atoms with Crippen LogP contribution in [0.5, 0.6) is 0 Å². The summed E-state index contributed by atoms with van der Waals surface area (Å²) in [5.74, 6) is 4.61. The summed E-state index contributed by atoms with van der Waals surface area (Å²) in [6, 6.07) is 18.6. The van der Waals surface area contributed by atoms with Gasteiger partial charge in [-0.3, -0.25) is 0 Å². The number of halogens is 2. The summed E-state index contributed by atoms with van der Waals surface area (Å²) in [6.07, 6.45) is 0. The van der Waals surface area contributed by atoms with Crippen molar-refractivity contribution in [2.45, 2.75) is 13.8 Å². The minimum Gasteiger partial charge on any atom is -0.209 e. The minimum atomic E-state index is -0.829. The average Bonchev–Trinajstić information content (AvgIpc) is 2.60. The lowest BCUT2D eigenvalue weighted by Gasteiger charge is -2.07. The maximum atomic E-state index is 14.1. The fraction of sp³-hybridized carbons (Fsp3) is 0.0909. The highest BCUT2D eigenvalue weighted by atomic mass is 19.2. The zero-order valence-electron chi connectivity index (χ0n) is 13.5. The molecule has 0 aliphatic carbocycles. The molecule has 0 unspecified atom stereocenters. The lowest BCUT2D eigenvalue weighted by Crippen LogP contribution is -1.88. The molecule has 0 aliphatic rings. The van der Waals surface area contributed by atoms with E-state index in [1.54, 1.807) is 18.2 Å². The molecule has 0 saturated carbocycles. The van der Waals surface area contributed by atoms with E-state index >= 15 is 0 Å². The second kappa shape index (κ2) is 6.68. The summed E-state index contributed by atoms with van der Waals surface area (Å²) in [6.45, 7) is 3.15. The number of aryl methyl sites for hydroxylation is 1. The number of rotatable bonds is 1. The summed E-state index contributed by atoms with van der Waals surface area (Å²) in [7, 11) is 0. The summed E-state index contributed by atoms with van der Waals surface area (Å²) in [4.78, 5) is 0. The predicted molar refractivity (Wildman–Crippen MR) is 95.9 cm³/mol. The van der Waals surface area contributed by atoms with Crippen LogP contribution in [0.2, 0.25) is 0 Å². The molecule has 0 N–H and O–H groups in total. The Morgan fingerprint density at radius 3 is 2.12 bits per heavy atom.